The molecule has 0 radical (unpaired) electrons. The van der Waals surface area contributed by atoms with E-state index < -0.39 is 0 Å². The monoisotopic (exact) mass is 267 g/mol. The summed E-state index contributed by atoms with van der Waals surface area (Å²) in [6, 6.07) is 1.26. The zero-order chi connectivity index (χ0) is 13.1. The SMILES string of the molecule is Cc1nc(CN(CC2CCCN2)C(C)C)sc1C. The van der Waals surface area contributed by atoms with Gasteiger partial charge in [-0.2, -0.15) is 0 Å². The van der Waals surface area contributed by atoms with Gasteiger partial charge in [0.15, 0.2) is 0 Å². The van der Waals surface area contributed by atoms with Gasteiger partial charge >= 0.3 is 0 Å². The van der Waals surface area contributed by atoms with Crippen molar-refractivity contribution in [1.82, 2.24) is 15.2 Å². The van der Waals surface area contributed by atoms with Gasteiger partial charge < -0.3 is 5.32 Å². The minimum Gasteiger partial charge on any atom is -0.313 e. The van der Waals surface area contributed by atoms with Gasteiger partial charge in [0.05, 0.1) is 12.2 Å². The summed E-state index contributed by atoms with van der Waals surface area (Å²) in [5, 5.41) is 4.85. The highest BCUT2D eigenvalue weighted by atomic mass is 32.1. The van der Waals surface area contributed by atoms with E-state index >= 15 is 0 Å². The molecule has 1 saturated heterocycles. The van der Waals surface area contributed by atoms with Gasteiger partial charge in [0, 0.05) is 23.5 Å². The van der Waals surface area contributed by atoms with Crippen molar-refractivity contribution >= 4 is 11.3 Å². The van der Waals surface area contributed by atoms with Crippen molar-refractivity contribution in [3.63, 3.8) is 0 Å². The molecule has 102 valence electrons. The van der Waals surface area contributed by atoms with Crippen LogP contribution in [0.25, 0.3) is 0 Å². The summed E-state index contributed by atoms with van der Waals surface area (Å²) in [6.45, 7) is 12.2. The molecule has 0 aromatic carbocycles. The number of aryl methyl sites for hydroxylation is 2. The number of nitrogens with zero attached hydrogens (tertiary/aromatic N) is 2. The van der Waals surface area contributed by atoms with Crippen LogP contribution >= 0.6 is 11.3 Å². The molecule has 1 fully saturated rings. The molecule has 0 saturated carbocycles. The second-order valence-electron chi connectivity index (χ2n) is 5.57. The molecular formula is C14H25N3S. The highest BCUT2D eigenvalue weighted by molar-refractivity contribution is 7.11. The normalized spacial score (nSPS) is 20.2. The van der Waals surface area contributed by atoms with E-state index in [-0.39, 0.29) is 0 Å². The van der Waals surface area contributed by atoms with Gasteiger partial charge in [-0.25, -0.2) is 4.98 Å². The van der Waals surface area contributed by atoms with Crippen molar-refractivity contribution in [1.29, 1.82) is 0 Å². The van der Waals surface area contributed by atoms with Crippen LogP contribution in [-0.4, -0.2) is 35.1 Å². The number of hydrogen-bond donors (Lipinski definition) is 1. The average Bonchev–Trinajstić information content (AvgIpc) is 2.89. The Balaban J connectivity index is 1.96. The number of aromatic nitrogens is 1. The molecule has 2 rings (SSSR count). The van der Waals surface area contributed by atoms with Crippen molar-refractivity contribution in [2.24, 2.45) is 0 Å². The van der Waals surface area contributed by atoms with E-state index in [1.54, 1.807) is 0 Å². The van der Waals surface area contributed by atoms with Gasteiger partial charge in [-0.1, -0.05) is 0 Å². The van der Waals surface area contributed by atoms with Crippen molar-refractivity contribution in [2.75, 3.05) is 13.1 Å². The van der Waals surface area contributed by atoms with Gasteiger partial charge in [-0.3, -0.25) is 4.90 Å². The van der Waals surface area contributed by atoms with Crippen LogP contribution in [0, 0.1) is 13.8 Å². The summed E-state index contributed by atoms with van der Waals surface area (Å²) >= 11 is 1.84. The molecule has 2 heterocycles. The van der Waals surface area contributed by atoms with Crippen molar-refractivity contribution in [3.05, 3.63) is 15.6 Å². The largest absolute Gasteiger partial charge is 0.313 e. The fourth-order valence-electron chi connectivity index (χ4n) is 2.43. The zero-order valence-electron chi connectivity index (χ0n) is 12.0. The minimum absolute atomic E-state index is 0.580. The second-order valence-corrected chi connectivity index (χ2v) is 6.85. The summed E-state index contributed by atoms with van der Waals surface area (Å²) in [7, 11) is 0. The Morgan fingerprint density at radius 3 is 2.72 bits per heavy atom. The van der Waals surface area contributed by atoms with E-state index in [1.807, 2.05) is 11.3 Å². The molecule has 0 bridgehead atoms. The molecule has 1 aliphatic heterocycles. The predicted molar refractivity (Wildman–Crippen MR) is 78.2 cm³/mol. The molecule has 1 aromatic heterocycles. The molecule has 1 N–H and O–H groups in total. The van der Waals surface area contributed by atoms with Gasteiger partial charge in [0.2, 0.25) is 0 Å². The van der Waals surface area contributed by atoms with E-state index in [1.165, 1.54) is 35.0 Å². The second kappa shape index (κ2) is 6.13. The molecule has 1 unspecified atom stereocenters. The third-order valence-corrected chi connectivity index (χ3v) is 4.82. The maximum absolute atomic E-state index is 4.66. The number of nitrogens with one attached hydrogen (secondary N) is 1. The highest BCUT2D eigenvalue weighted by Gasteiger charge is 2.20. The van der Waals surface area contributed by atoms with Crippen molar-refractivity contribution in [2.45, 2.75) is 59.2 Å². The van der Waals surface area contributed by atoms with Crippen LogP contribution < -0.4 is 5.32 Å². The van der Waals surface area contributed by atoms with Crippen LogP contribution in [0.5, 0.6) is 0 Å². The lowest BCUT2D eigenvalue weighted by atomic mass is 10.2. The fraction of sp³-hybridized carbons (Fsp3) is 0.786. The lowest BCUT2D eigenvalue weighted by molar-refractivity contribution is 0.194. The minimum atomic E-state index is 0.580. The summed E-state index contributed by atoms with van der Waals surface area (Å²) in [4.78, 5) is 8.56. The standard InChI is InChI=1S/C14H25N3S/c1-10(2)17(8-13-6-5-7-15-13)9-14-16-11(3)12(4)18-14/h10,13,15H,5-9H2,1-4H3. The molecule has 0 aliphatic carbocycles. The maximum Gasteiger partial charge on any atom is 0.107 e. The predicted octanol–water partition coefficient (Wildman–Crippen LogP) is 2.72. The highest BCUT2D eigenvalue weighted by Crippen LogP contribution is 2.20. The van der Waals surface area contributed by atoms with Gasteiger partial charge in [-0.05, 0) is 47.1 Å². The molecule has 0 amide bonds. The van der Waals surface area contributed by atoms with Crippen molar-refractivity contribution in [3.8, 4) is 0 Å². The lowest BCUT2D eigenvalue weighted by Gasteiger charge is -2.28. The Bertz CT molecular complexity index is 361. The fourth-order valence-corrected chi connectivity index (χ4v) is 3.39. The van der Waals surface area contributed by atoms with E-state index in [9.17, 15) is 0 Å². The third-order valence-electron chi connectivity index (χ3n) is 3.76. The molecular weight excluding hydrogens is 242 g/mol. The van der Waals surface area contributed by atoms with Gasteiger partial charge in [0.1, 0.15) is 5.01 Å². The zero-order valence-corrected chi connectivity index (χ0v) is 12.8. The first-order chi connectivity index (χ1) is 8.56. The number of thiazole rings is 1. The van der Waals surface area contributed by atoms with Crippen LogP contribution in [0.15, 0.2) is 0 Å². The molecule has 18 heavy (non-hydrogen) atoms. The van der Waals surface area contributed by atoms with E-state index in [0.29, 0.717) is 12.1 Å². The smallest absolute Gasteiger partial charge is 0.107 e. The van der Waals surface area contributed by atoms with E-state index in [0.717, 1.165) is 13.1 Å². The van der Waals surface area contributed by atoms with Crippen LogP contribution in [0.4, 0.5) is 0 Å². The van der Waals surface area contributed by atoms with Crippen molar-refractivity contribution < 1.29 is 0 Å². The van der Waals surface area contributed by atoms with Crippen LogP contribution in [0.2, 0.25) is 0 Å². The Morgan fingerprint density at radius 1 is 1.44 bits per heavy atom. The first-order valence-corrected chi connectivity index (χ1v) is 7.78. The van der Waals surface area contributed by atoms with Gasteiger partial charge in [0.25, 0.3) is 0 Å². The van der Waals surface area contributed by atoms with Gasteiger partial charge in [-0.15, -0.1) is 11.3 Å². The summed E-state index contributed by atoms with van der Waals surface area (Å²) in [5.74, 6) is 0. The summed E-state index contributed by atoms with van der Waals surface area (Å²) in [6.07, 6.45) is 2.64. The molecule has 3 nitrogen and oxygen atoms in total. The summed E-state index contributed by atoms with van der Waals surface area (Å²) in [5.41, 5.74) is 1.19. The summed E-state index contributed by atoms with van der Waals surface area (Å²) < 4.78 is 0. The molecule has 4 heteroatoms. The first-order valence-electron chi connectivity index (χ1n) is 6.96. The Kier molecular flexibility index (Phi) is 4.76. The van der Waals surface area contributed by atoms with Crippen LogP contribution in [-0.2, 0) is 6.54 Å². The Labute approximate surface area is 115 Å². The molecule has 1 aromatic rings. The number of hydrogen-bond acceptors (Lipinski definition) is 4. The molecule has 1 atom stereocenters. The Hall–Kier alpha value is -0.450. The van der Waals surface area contributed by atoms with Crippen LogP contribution in [0.3, 0.4) is 0 Å². The molecule has 1 aliphatic rings. The van der Waals surface area contributed by atoms with E-state index in [2.05, 4.69) is 42.9 Å². The maximum atomic E-state index is 4.66. The number of rotatable bonds is 5. The molecule has 0 spiro atoms. The van der Waals surface area contributed by atoms with Crippen LogP contribution in [0.1, 0.15) is 42.3 Å². The Morgan fingerprint density at radius 2 is 2.22 bits per heavy atom. The third kappa shape index (κ3) is 3.53. The topological polar surface area (TPSA) is 28.2 Å². The first kappa shape index (κ1) is 14.0. The van der Waals surface area contributed by atoms with E-state index in [4.69, 9.17) is 0 Å². The average molecular weight is 267 g/mol. The quantitative estimate of drug-likeness (QED) is 0.889. The lowest BCUT2D eigenvalue weighted by Crippen LogP contribution is -2.40.